The molecule has 0 aromatic carbocycles. The van der Waals surface area contributed by atoms with E-state index >= 15 is 0 Å². The zero-order chi connectivity index (χ0) is 13.1. The van der Waals surface area contributed by atoms with Crippen molar-refractivity contribution >= 4 is 0 Å². The van der Waals surface area contributed by atoms with Crippen LogP contribution in [-0.2, 0) is 4.74 Å². The molecule has 0 saturated carbocycles. The second kappa shape index (κ2) is 6.27. The van der Waals surface area contributed by atoms with Crippen LogP contribution in [0.3, 0.4) is 0 Å². The van der Waals surface area contributed by atoms with Gasteiger partial charge < -0.3 is 20.1 Å². The second-order valence-electron chi connectivity index (χ2n) is 5.24. The summed E-state index contributed by atoms with van der Waals surface area (Å²) in [6.45, 7) is 7.44. The van der Waals surface area contributed by atoms with E-state index in [0.29, 0.717) is 6.54 Å². The fourth-order valence-corrected chi connectivity index (χ4v) is 2.63. The number of morpholine rings is 1. The fraction of sp³-hybridized carbons (Fsp3) is 1.00. The van der Waals surface area contributed by atoms with E-state index in [9.17, 15) is 15.3 Å². The Bertz CT molecular complexity index is 260. The van der Waals surface area contributed by atoms with E-state index in [2.05, 4.69) is 4.90 Å². The van der Waals surface area contributed by atoms with Crippen molar-refractivity contribution in [1.29, 1.82) is 0 Å². The van der Waals surface area contributed by atoms with E-state index in [-0.39, 0.29) is 6.04 Å². The van der Waals surface area contributed by atoms with Gasteiger partial charge in [-0.2, -0.15) is 0 Å². The van der Waals surface area contributed by atoms with Crippen LogP contribution in [0.15, 0.2) is 0 Å². The smallest absolute Gasteiger partial charge is 0.108 e. The highest BCUT2D eigenvalue weighted by Gasteiger charge is 2.38. The van der Waals surface area contributed by atoms with E-state index in [1.165, 1.54) is 0 Å². The summed E-state index contributed by atoms with van der Waals surface area (Å²) in [6.07, 6.45) is -2.76. The number of ether oxygens (including phenoxy) is 1. The van der Waals surface area contributed by atoms with Crippen LogP contribution >= 0.6 is 0 Å². The van der Waals surface area contributed by atoms with Gasteiger partial charge in [0.25, 0.3) is 0 Å². The van der Waals surface area contributed by atoms with Crippen molar-refractivity contribution in [3.63, 3.8) is 0 Å². The molecule has 0 radical (unpaired) electrons. The van der Waals surface area contributed by atoms with Crippen LogP contribution in [-0.4, -0.2) is 95.4 Å². The highest BCUT2D eigenvalue weighted by Crippen LogP contribution is 2.18. The van der Waals surface area contributed by atoms with Crippen molar-refractivity contribution in [2.24, 2.45) is 0 Å². The molecular weight excluding hydrogens is 236 g/mol. The number of nitrogens with zero attached hydrogens (tertiary/aromatic N) is 2. The van der Waals surface area contributed by atoms with Crippen LogP contribution < -0.4 is 0 Å². The summed E-state index contributed by atoms with van der Waals surface area (Å²) in [6, 6.07) is -0.121. The quantitative estimate of drug-likeness (QED) is 0.551. The number of aliphatic hydroxyl groups excluding tert-OH is 3. The van der Waals surface area contributed by atoms with Gasteiger partial charge in [-0.15, -0.1) is 0 Å². The first-order chi connectivity index (χ1) is 8.59. The molecule has 6 heteroatoms. The predicted octanol–water partition coefficient (Wildman–Crippen LogP) is -1.89. The fourth-order valence-electron chi connectivity index (χ4n) is 2.63. The zero-order valence-electron chi connectivity index (χ0n) is 10.9. The highest BCUT2D eigenvalue weighted by molar-refractivity contribution is 4.92. The number of likely N-dealkylation sites (tertiary alicyclic amines) is 1. The Morgan fingerprint density at radius 2 is 1.72 bits per heavy atom. The Balaban J connectivity index is 1.80. The molecule has 0 aromatic heterocycles. The standard InChI is InChI=1S/C12H24N2O4/c1-9-11(16)12(17)10(15)8-14(9)3-2-13-4-6-18-7-5-13/h9-12,15-17H,2-8H2,1H3. The normalized spacial score (nSPS) is 40.0. The van der Waals surface area contributed by atoms with E-state index in [0.717, 1.165) is 39.4 Å². The summed E-state index contributed by atoms with van der Waals surface area (Å²) in [5, 5.41) is 29.1. The number of piperidine rings is 1. The zero-order valence-corrected chi connectivity index (χ0v) is 10.9. The Labute approximate surface area is 108 Å². The first-order valence-electron chi connectivity index (χ1n) is 6.68. The largest absolute Gasteiger partial charge is 0.389 e. The molecular formula is C12H24N2O4. The third kappa shape index (κ3) is 3.20. The second-order valence-corrected chi connectivity index (χ2v) is 5.24. The summed E-state index contributed by atoms with van der Waals surface area (Å²) in [5.41, 5.74) is 0. The van der Waals surface area contributed by atoms with E-state index < -0.39 is 18.3 Å². The summed E-state index contributed by atoms with van der Waals surface area (Å²) in [4.78, 5) is 4.36. The first kappa shape index (κ1) is 14.2. The van der Waals surface area contributed by atoms with Crippen LogP contribution in [0.2, 0.25) is 0 Å². The molecule has 0 amide bonds. The van der Waals surface area contributed by atoms with E-state index in [1.54, 1.807) is 0 Å². The molecule has 18 heavy (non-hydrogen) atoms. The van der Waals surface area contributed by atoms with Crippen LogP contribution in [0.4, 0.5) is 0 Å². The maximum absolute atomic E-state index is 9.84. The third-order valence-electron chi connectivity index (χ3n) is 4.04. The van der Waals surface area contributed by atoms with Gasteiger partial charge in [-0.1, -0.05) is 0 Å². The lowest BCUT2D eigenvalue weighted by Gasteiger charge is -2.43. The molecule has 2 aliphatic rings. The molecule has 0 aliphatic carbocycles. The molecule has 0 spiro atoms. The molecule has 2 rings (SSSR count). The number of hydrogen-bond donors (Lipinski definition) is 3. The van der Waals surface area contributed by atoms with Crippen LogP contribution in [0, 0.1) is 0 Å². The molecule has 6 nitrogen and oxygen atoms in total. The maximum atomic E-state index is 9.84. The predicted molar refractivity (Wildman–Crippen MR) is 66.3 cm³/mol. The molecule has 2 aliphatic heterocycles. The lowest BCUT2D eigenvalue weighted by atomic mass is 9.95. The van der Waals surface area contributed by atoms with E-state index in [1.807, 2.05) is 11.8 Å². The summed E-state index contributed by atoms with van der Waals surface area (Å²) < 4.78 is 5.29. The Morgan fingerprint density at radius 3 is 2.39 bits per heavy atom. The molecule has 0 bridgehead atoms. The lowest BCUT2D eigenvalue weighted by Crippen LogP contribution is -2.61. The van der Waals surface area contributed by atoms with Crippen molar-refractivity contribution in [1.82, 2.24) is 9.80 Å². The molecule has 4 unspecified atom stereocenters. The van der Waals surface area contributed by atoms with Gasteiger partial charge in [0.2, 0.25) is 0 Å². The minimum absolute atomic E-state index is 0.121. The van der Waals surface area contributed by atoms with Crippen molar-refractivity contribution in [2.45, 2.75) is 31.3 Å². The average molecular weight is 260 g/mol. The Kier molecular flexibility index (Phi) is 4.94. The van der Waals surface area contributed by atoms with Gasteiger partial charge in [0.05, 0.1) is 25.4 Å². The molecule has 106 valence electrons. The molecule has 4 atom stereocenters. The number of hydrogen-bond acceptors (Lipinski definition) is 6. The minimum atomic E-state index is -1.03. The van der Waals surface area contributed by atoms with Crippen molar-refractivity contribution in [2.75, 3.05) is 45.9 Å². The maximum Gasteiger partial charge on any atom is 0.108 e. The summed E-state index contributed by atoms with van der Waals surface area (Å²) in [5.74, 6) is 0. The number of aliphatic hydroxyl groups is 3. The molecule has 0 aromatic rings. The van der Waals surface area contributed by atoms with Crippen LogP contribution in [0.25, 0.3) is 0 Å². The van der Waals surface area contributed by atoms with Crippen molar-refractivity contribution in [3.8, 4) is 0 Å². The summed E-state index contributed by atoms with van der Waals surface area (Å²) in [7, 11) is 0. The highest BCUT2D eigenvalue weighted by atomic mass is 16.5. The number of rotatable bonds is 3. The monoisotopic (exact) mass is 260 g/mol. The molecule has 2 fully saturated rings. The Morgan fingerprint density at radius 1 is 1.06 bits per heavy atom. The van der Waals surface area contributed by atoms with Gasteiger partial charge in [0.15, 0.2) is 0 Å². The van der Waals surface area contributed by atoms with Crippen LogP contribution in [0.5, 0.6) is 0 Å². The molecule has 2 heterocycles. The van der Waals surface area contributed by atoms with Gasteiger partial charge in [-0.05, 0) is 6.92 Å². The van der Waals surface area contributed by atoms with Gasteiger partial charge >= 0.3 is 0 Å². The van der Waals surface area contributed by atoms with Gasteiger partial charge in [-0.3, -0.25) is 9.80 Å². The summed E-state index contributed by atoms with van der Waals surface area (Å²) >= 11 is 0. The van der Waals surface area contributed by atoms with Gasteiger partial charge in [0.1, 0.15) is 6.10 Å². The first-order valence-corrected chi connectivity index (χ1v) is 6.68. The van der Waals surface area contributed by atoms with Gasteiger partial charge in [0, 0.05) is 38.8 Å². The van der Waals surface area contributed by atoms with Crippen LogP contribution in [0.1, 0.15) is 6.92 Å². The van der Waals surface area contributed by atoms with Crippen molar-refractivity contribution < 1.29 is 20.1 Å². The van der Waals surface area contributed by atoms with Gasteiger partial charge in [-0.25, -0.2) is 0 Å². The topological polar surface area (TPSA) is 76.4 Å². The molecule has 3 N–H and O–H groups in total. The minimum Gasteiger partial charge on any atom is -0.389 e. The Hall–Kier alpha value is -0.240. The number of β-amino-alcohol motifs (C(OH)–C–C–N with tert-alkyl or cyclic N) is 1. The molecule has 2 saturated heterocycles. The third-order valence-corrected chi connectivity index (χ3v) is 4.04. The average Bonchev–Trinajstić information content (AvgIpc) is 2.40. The lowest BCUT2D eigenvalue weighted by molar-refractivity contribution is -0.134. The SMILES string of the molecule is CC1C(O)C(O)C(O)CN1CCN1CCOCC1. The van der Waals surface area contributed by atoms with Crippen molar-refractivity contribution in [3.05, 3.63) is 0 Å². The van der Waals surface area contributed by atoms with E-state index in [4.69, 9.17) is 4.74 Å².